The lowest BCUT2D eigenvalue weighted by atomic mass is 9.86. The average Bonchev–Trinajstić information content (AvgIpc) is 2.48. The molecule has 1 atom stereocenters. The lowest BCUT2D eigenvalue weighted by Gasteiger charge is -2.33. The summed E-state index contributed by atoms with van der Waals surface area (Å²) in [6, 6.07) is 10.6. The second-order valence-corrected chi connectivity index (χ2v) is 5.58. The molecular formula is C18H30O2. The molecule has 1 unspecified atom stereocenters. The zero-order valence-electron chi connectivity index (χ0n) is 13.1. The van der Waals surface area contributed by atoms with E-state index in [1.807, 2.05) is 0 Å². The third-order valence-electron chi connectivity index (χ3n) is 3.96. The maximum atomic E-state index is 8.96. The van der Waals surface area contributed by atoms with Crippen molar-refractivity contribution >= 4 is 0 Å². The summed E-state index contributed by atoms with van der Waals surface area (Å²) in [5, 5.41) is 8.96. The number of benzene rings is 1. The maximum absolute atomic E-state index is 8.96. The van der Waals surface area contributed by atoms with Gasteiger partial charge in [-0.1, -0.05) is 63.4 Å². The molecule has 1 rings (SSSR count). The Morgan fingerprint density at radius 3 is 2.40 bits per heavy atom. The van der Waals surface area contributed by atoms with E-state index in [1.165, 1.54) is 24.8 Å². The van der Waals surface area contributed by atoms with Gasteiger partial charge in [0.15, 0.2) is 0 Å². The van der Waals surface area contributed by atoms with Crippen LogP contribution in [-0.4, -0.2) is 23.9 Å². The van der Waals surface area contributed by atoms with Crippen LogP contribution >= 0.6 is 0 Å². The molecule has 0 aliphatic heterocycles. The van der Waals surface area contributed by atoms with Crippen molar-refractivity contribution in [2.75, 3.05) is 13.2 Å². The molecule has 2 heteroatoms. The first kappa shape index (κ1) is 17.2. The Morgan fingerprint density at radius 2 is 1.80 bits per heavy atom. The Bertz CT molecular complexity index is 325. The van der Waals surface area contributed by atoms with Gasteiger partial charge >= 0.3 is 0 Å². The minimum Gasteiger partial charge on any atom is -0.396 e. The number of aliphatic hydroxyl groups is 1. The van der Waals surface area contributed by atoms with E-state index in [9.17, 15) is 0 Å². The van der Waals surface area contributed by atoms with E-state index in [-0.39, 0.29) is 12.2 Å². The number of unbranched alkanes of at least 4 members (excludes halogenated alkanes) is 2. The summed E-state index contributed by atoms with van der Waals surface area (Å²) in [5.74, 6) is 0. The van der Waals surface area contributed by atoms with E-state index in [2.05, 4.69) is 44.2 Å². The quantitative estimate of drug-likeness (QED) is 0.609. The number of aliphatic hydroxyl groups excluding tert-OH is 1. The molecule has 0 fully saturated rings. The predicted molar refractivity (Wildman–Crippen MR) is 85.0 cm³/mol. The minimum atomic E-state index is -0.0638. The van der Waals surface area contributed by atoms with Gasteiger partial charge in [0.25, 0.3) is 0 Å². The fourth-order valence-corrected chi connectivity index (χ4v) is 2.63. The van der Waals surface area contributed by atoms with Crippen molar-refractivity contribution in [3.05, 3.63) is 35.9 Å². The van der Waals surface area contributed by atoms with Crippen molar-refractivity contribution in [1.29, 1.82) is 0 Å². The van der Waals surface area contributed by atoms with Crippen molar-refractivity contribution in [1.82, 2.24) is 0 Å². The number of hydrogen-bond acceptors (Lipinski definition) is 2. The van der Waals surface area contributed by atoms with Crippen LogP contribution < -0.4 is 0 Å². The van der Waals surface area contributed by atoms with Gasteiger partial charge in [-0.15, -0.1) is 0 Å². The Hall–Kier alpha value is -0.860. The fraction of sp³-hybridized carbons (Fsp3) is 0.667. The molecule has 2 nitrogen and oxygen atoms in total. The van der Waals surface area contributed by atoms with Gasteiger partial charge in [0.2, 0.25) is 0 Å². The van der Waals surface area contributed by atoms with Crippen LogP contribution in [0.25, 0.3) is 0 Å². The van der Waals surface area contributed by atoms with Gasteiger partial charge in [0.1, 0.15) is 0 Å². The van der Waals surface area contributed by atoms with Crippen molar-refractivity contribution in [2.45, 2.75) is 64.4 Å². The monoisotopic (exact) mass is 278 g/mol. The molecule has 0 saturated carbocycles. The molecule has 1 N–H and O–H groups in total. The second-order valence-electron chi connectivity index (χ2n) is 5.58. The summed E-state index contributed by atoms with van der Waals surface area (Å²) in [7, 11) is 0. The van der Waals surface area contributed by atoms with Crippen molar-refractivity contribution in [3.63, 3.8) is 0 Å². The van der Waals surface area contributed by atoms with Crippen LogP contribution in [0.15, 0.2) is 30.3 Å². The van der Waals surface area contributed by atoms with Gasteiger partial charge in [-0.2, -0.15) is 0 Å². The van der Waals surface area contributed by atoms with Gasteiger partial charge in [-0.3, -0.25) is 0 Å². The minimum absolute atomic E-state index is 0.0638. The molecule has 0 radical (unpaired) electrons. The molecule has 0 heterocycles. The molecule has 1 aromatic carbocycles. The third-order valence-corrected chi connectivity index (χ3v) is 3.96. The highest BCUT2D eigenvalue weighted by Crippen LogP contribution is 2.28. The molecule has 0 bridgehead atoms. The van der Waals surface area contributed by atoms with Crippen LogP contribution in [0.2, 0.25) is 0 Å². The van der Waals surface area contributed by atoms with E-state index in [0.29, 0.717) is 6.61 Å². The Balaban J connectivity index is 2.68. The summed E-state index contributed by atoms with van der Waals surface area (Å²) in [6.07, 6.45) is 7.55. The standard InChI is InChI=1S/C18H30O2/c1-3-5-9-13-18(4-2,20-15-10-14-19)16-17-11-7-6-8-12-17/h6-8,11-12,19H,3-5,9-10,13-16H2,1-2H3. The van der Waals surface area contributed by atoms with Crippen LogP contribution in [0, 0.1) is 0 Å². The van der Waals surface area contributed by atoms with E-state index >= 15 is 0 Å². The van der Waals surface area contributed by atoms with Crippen LogP contribution in [0.4, 0.5) is 0 Å². The third kappa shape index (κ3) is 6.06. The van der Waals surface area contributed by atoms with Crippen molar-refractivity contribution < 1.29 is 9.84 Å². The van der Waals surface area contributed by atoms with Crippen LogP contribution in [0.3, 0.4) is 0 Å². The zero-order chi connectivity index (χ0) is 14.7. The number of hydrogen-bond donors (Lipinski definition) is 1. The van der Waals surface area contributed by atoms with Crippen molar-refractivity contribution in [3.8, 4) is 0 Å². The largest absolute Gasteiger partial charge is 0.396 e. The molecule has 0 aliphatic carbocycles. The summed E-state index contributed by atoms with van der Waals surface area (Å²) < 4.78 is 6.21. The first-order valence-corrected chi connectivity index (χ1v) is 8.05. The average molecular weight is 278 g/mol. The van der Waals surface area contributed by atoms with E-state index in [1.54, 1.807) is 0 Å². The molecule has 114 valence electrons. The van der Waals surface area contributed by atoms with E-state index in [4.69, 9.17) is 9.84 Å². The molecule has 0 aliphatic rings. The Labute approximate surface area is 124 Å². The number of rotatable bonds is 11. The topological polar surface area (TPSA) is 29.5 Å². The molecule has 0 amide bonds. The lowest BCUT2D eigenvalue weighted by molar-refractivity contribution is -0.0596. The smallest absolute Gasteiger partial charge is 0.0720 e. The van der Waals surface area contributed by atoms with Gasteiger partial charge in [0.05, 0.1) is 5.60 Å². The summed E-state index contributed by atoms with van der Waals surface area (Å²) in [4.78, 5) is 0. The van der Waals surface area contributed by atoms with Gasteiger partial charge in [0, 0.05) is 19.6 Å². The van der Waals surface area contributed by atoms with Gasteiger partial charge < -0.3 is 9.84 Å². The number of ether oxygens (including phenoxy) is 1. The highest BCUT2D eigenvalue weighted by Gasteiger charge is 2.28. The van der Waals surface area contributed by atoms with E-state index in [0.717, 1.165) is 25.7 Å². The summed E-state index contributed by atoms with van der Waals surface area (Å²) in [5.41, 5.74) is 1.28. The zero-order valence-corrected chi connectivity index (χ0v) is 13.1. The normalized spacial score (nSPS) is 14.2. The van der Waals surface area contributed by atoms with Gasteiger partial charge in [-0.05, 0) is 24.8 Å². The molecular weight excluding hydrogens is 248 g/mol. The van der Waals surface area contributed by atoms with Crippen molar-refractivity contribution in [2.24, 2.45) is 0 Å². The highest BCUT2D eigenvalue weighted by atomic mass is 16.5. The van der Waals surface area contributed by atoms with Gasteiger partial charge in [-0.25, -0.2) is 0 Å². The molecule has 20 heavy (non-hydrogen) atoms. The summed E-state index contributed by atoms with van der Waals surface area (Å²) in [6.45, 7) is 5.31. The molecule has 0 spiro atoms. The molecule has 1 aromatic rings. The molecule has 0 aromatic heterocycles. The van der Waals surface area contributed by atoms with Crippen LogP contribution in [0.5, 0.6) is 0 Å². The Kier molecular flexibility index (Phi) is 8.56. The Morgan fingerprint density at radius 1 is 1.05 bits per heavy atom. The first-order chi connectivity index (χ1) is 9.76. The lowest BCUT2D eigenvalue weighted by Crippen LogP contribution is -2.35. The maximum Gasteiger partial charge on any atom is 0.0720 e. The highest BCUT2D eigenvalue weighted by molar-refractivity contribution is 5.17. The summed E-state index contributed by atoms with van der Waals surface area (Å²) >= 11 is 0. The SMILES string of the molecule is CCCCCC(CC)(Cc1ccccc1)OCCCO. The van der Waals surface area contributed by atoms with Crippen LogP contribution in [0.1, 0.15) is 57.9 Å². The predicted octanol–water partition coefficient (Wildman–Crippen LogP) is 4.36. The van der Waals surface area contributed by atoms with Crippen LogP contribution in [-0.2, 0) is 11.2 Å². The molecule has 0 saturated heterocycles. The second kappa shape index (κ2) is 9.95. The van der Waals surface area contributed by atoms with E-state index < -0.39 is 0 Å². The first-order valence-electron chi connectivity index (χ1n) is 8.05. The fourth-order valence-electron chi connectivity index (χ4n) is 2.63.